The lowest BCUT2D eigenvalue weighted by molar-refractivity contribution is -0.131. The molecule has 1 saturated heterocycles. The van der Waals surface area contributed by atoms with Crippen molar-refractivity contribution >= 4 is 5.91 Å². The second-order valence-corrected chi connectivity index (χ2v) is 5.71. The van der Waals surface area contributed by atoms with Crippen molar-refractivity contribution in [3.63, 3.8) is 0 Å². The highest BCUT2D eigenvalue weighted by Crippen LogP contribution is 2.11. The van der Waals surface area contributed by atoms with Gasteiger partial charge in [-0.15, -0.1) is 0 Å². The molecule has 0 radical (unpaired) electrons. The van der Waals surface area contributed by atoms with Crippen molar-refractivity contribution in [1.29, 1.82) is 0 Å². The monoisotopic (exact) mass is 268 g/mol. The van der Waals surface area contributed by atoms with Gasteiger partial charge in [-0.05, 0) is 6.42 Å². The van der Waals surface area contributed by atoms with E-state index in [1.165, 1.54) is 51.4 Å². The van der Waals surface area contributed by atoms with Crippen LogP contribution in [-0.2, 0) is 4.79 Å². The zero-order valence-electron chi connectivity index (χ0n) is 12.8. The van der Waals surface area contributed by atoms with Crippen molar-refractivity contribution in [2.75, 3.05) is 26.2 Å². The Morgan fingerprint density at radius 1 is 0.895 bits per heavy atom. The number of hydrogen-bond donors (Lipinski definition) is 1. The van der Waals surface area contributed by atoms with Crippen LogP contribution in [0.15, 0.2) is 0 Å². The van der Waals surface area contributed by atoms with Crippen LogP contribution in [0.5, 0.6) is 0 Å². The maximum Gasteiger partial charge on any atom is 0.222 e. The quantitative estimate of drug-likeness (QED) is 0.616. The number of unbranched alkanes of at least 4 members (excludes halogenated alkanes) is 8. The number of carbonyl (C=O) groups excluding carboxylic acids is 1. The number of nitrogens with one attached hydrogen (secondary N) is 1. The van der Waals surface area contributed by atoms with Crippen LogP contribution in [0, 0.1) is 0 Å². The largest absolute Gasteiger partial charge is 0.340 e. The lowest BCUT2D eigenvalue weighted by Crippen LogP contribution is -2.46. The molecule has 1 N–H and O–H groups in total. The number of amides is 1. The van der Waals surface area contributed by atoms with Crippen molar-refractivity contribution in [2.24, 2.45) is 0 Å². The van der Waals surface area contributed by atoms with E-state index in [1.54, 1.807) is 0 Å². The molecule has 0 aromatic carbocycles. The number of rotatable bonds is 10. The first-order valence-electron chi connectivity index (χ1n) is 8.33. The maximum absolute atomic E-state index is 11.9. The highest BCUT2D eigenvalue weighted by Gasteiger charge is 2.14. The molecule has 1 amide bonds. The average Bonchev–Trinajstić information content (AvgIpc) is 2.46. The molecular weight excluding hydrogens is 236 g/mol. The Labute approximate surface area is 119 Å². The molecule has 1 aliphatic heterocycles. The molecule has 0 bridgehead atoms. The summed E-state index contributed by atoms with van der Waals surface area (Å²) in [5, 5.41) is 3.28. The minimum Gasteiger partial charge on any atom is -0.340 e. The Morgan fingerprint density at radius 2 is 1.42 bits per heavy atom. The third kappa shape index (κ3) is 8.25. The molecule has 0 spiro atoms. The Bertz CT molecular complexity index is 225. The summed E-state index contributed by atoms with van der Waals surface area (Å²) in [5.74, 6) is 0.365. The second kappa shape index (κ2) is 11.3. The first-order valence-corrected chi connectivity index (χ1v) is 8.33. The van der Waals surface area contributed by atoms with E-state index in [-0.39, 0.29) is 0 Å². The van der Waals surface area contributed by atoms with Gasteiger partial charge in [0.25, 0.3) is 0 Å². The normalized spacial score (nSPS) is 15.7. The third-order valence-corrected chi connectivity index (χ3v) is 3.96. The van der Waals surface area contributed by atoms with Crippen LogP contribution < -0.4 is 5.32 Å². The summed E-state index contributed by atoms with van der Waals surface area (Å²) in [7, 11) is 0. The molecule has 1 heterocycles. The summed E-state index contributed by atoms with van der Waals surface area (Å²) in [6, 6.07) is 0. The summed E-state index contributed by atoms with van der Waals surface area (Å²) in [4.78, 5) is 13.9. The van der Waals surface area contributed by atoms with Gasteiger partial charge in [0.15, 0.2) is 0 Å². The standard InChI is InChI=1S/C16H32N2O/c1-2-3-4-5-6-7-8-9-10-11-16(19)18-14-12-17-13-15-18/h17H,2-15H2,1H3. The van der Waals surface area contributed by atoms with Gasteiger partial charge in [-0.3, -0.25) is 4.79 Å². The van der Waals surface area contributed by atoms with Crippen molar-refractivity contribution in [2.45, 2.75) is 71.1 Å². The van der Waals surface area contributed by atoms with E-state index in [0.29, 0.717) is 5.91 Å². The van der Waals surface area contributed by atoms with E-state index in [4.69, 9.17) is 0 Å². The van der Waals surface area contributed by atoms with Gasteiger partial charge in [-0.1, -0.05) is 58.3 Å². The van der Waals surface area contributed by atoms with Crippen molar-refractivity contribution < 1.29 is 4.79 Å². The fourth-order valence-electron chi connectivity index (χ4n) is 2.66. The van der Waals surface area contributed by atoms with Crippen LogP contribution in [0.2, 0.25) is 0 Å². The van der Waals surface area contributed by atoms with Gasteiger partial charge in [0.2, 0.25) is 5.91 Å². The predicted molar refractivity (Wildman–Crippen MR) is 81.3 cm³/mol. The number of nitrogens with zero attached hydrogens (tertiary/aromatic N) is 1. The lowest BCUT2D eigenvalue weighted by atomic mass is 10.1. The van der Waals surface area contributed by atoms with Crippen molar-refractivity contribution in [3.8, 4) is 0 Å². The van der Waals surface area contributed by atoms with Gasteiger partial charge in [0, 0.05) is 32.6 Å². The molecule has 1 aliphatic rings. The molecule has 1 rings (SSSR count). The van der Waals surface area contributed by atoms with E-state index in [2.05, 4.69) is 12.2 Å². The maximum atomic E-state index is 11.9. The summed E-state index contributed by atoms with van der Waals surface area (Å²) < 4.78 is 0. The zero-order valence-corrected chi connectivity index (χ0v) is 12.8. The summed E-state index contributed by atoms with van der Waals surface area (Å²) in [6.07, 6.45) is 12.6. The Morgan fingerprint density at radius 3 is 2.00 bits per heavy atom. The van der Waals surface area contributed by atoms with Crippen LogP contribution in [0.25, 0.3) is 0 Å². The minimum absolute atomic E-state index is 0.365. The molecule has 3 heteroatoms. The van der Waals surface area contributed by atoms with E-state index in [9.17, 15) is 4.79 Å². The fraction of sp³-hybridized carbons (Fsp3) is 0.938. The molecular formula is C16H32N2O. The first-order chi connectivity index (χ1) is 9.34. The Balaban J connectivity index is 1.86. The Hall–Kier alpha value is -0.570. The summed E-state index contributed by atoms with van der Waals surface area (Å²) in [6.45, 7) is 5.98. The van der Waals surface area contributed by atoms with Crippen LogP contribution in [0.1, 0.15) is 71.1 Å². The van der Waals surface area contributed by atoms with Crippen LogP contribution in [0.4, 0.5) is 0 Å². The van der Waals surface area contributed by atoms with E-state index < -0.39 is 0 Å². The van der Waals surface area contributed by atoms with E-state index >= 15 is 0 Å². The first kappa shape index (κ1) is 16.5. The summed E-state index contributed by atoms with van der Waals surface area (Å²) >= 11 is 0. The SMILES string of the molecule is CCCCCCCCCCCC(=O)N1CCNCC1. The molecule has 0 aliphatic carbocycles. The topological polar surface area (TPSA) is 32.3 Å². The second-order valence-electron chi connectivity index (χ2n) is 5.71. The highest BCUT2D eigenvalue weighted by atomic mass is 16.2. The van der Waals surface area contributed by atoms with Crippen LogP contribution in [0.3, 0.4) is 0 Å². The highest BCUT2D eigenvalue weighted by molar-refractivity contribution is 5.76. The molecule has 112 valence electrons. The van der Waals surface area contributed by atoms with Crippen molar-refractivity contribution in [3.05, 3.63) is 0 Å². The number of carbonyl (C=O) groups is 1. The molecule has 0 aromatic heterocycles. The molecule has 19 heavy (non-hydrogen) atoms. The van der Waals surface area contributed by atoms with E-state index in [0.717, 1.165) is 39.0 Å². The van der Waals surface area contributed by atoms with Crippen LogP contribution in [-0.4, -0.2) is 37.0 Å². The van der Waals surface area contributed by atoms with Gasteiger partial charge < -0.3 is 10.2 Å². The van der Waals surface area contributed by atoms with Crippen LogP contribution >= 0.6 is 0 Å². The molecule has 0 aromatic rings. The molecule has 0 atom stereocenters. The van der Waals surface area contributed by atoms with Gasteiger partial charge in [-0.25, -0.2) is 0 Å². The Kier molecular flexibility index (Phi) is 9.78. The van der Waals surface area contributed by atoms with Gasteiger partial charge >= 0.3 is 0 Å². The number of hydrogen-bond acceptors (Lipinski definition) is 2. The fourth-order valence-corrected chi connectivity index (χ4v) is 2.66. The zero-order chi connectivity index (χ0) is 13.8. The smallest absolute Gasteiger partial charge is 0.222 e. The minimum atomic E-state index is 0.365. The van der Waals surface area contributed by atoms with Gasteiger partial charge in [0.05, 0.1) is 0 Å². The van der Waals surface area contributed by atoms with Gasteiger partial charge in [-0.2, -0.15) is 0 Å². The predicted octanol–water partition coefficient (Wildman–Crippen LogP) is 3.34. The molecule has 1 fully saturated rings. The molecule has 3 nitrogen and oxygen atoms in total. The summed E-state index contributed by atoms with van der Waals surface area (Å²) in [5.41, 5.74) is 0. The number of piperazine rings is 1. The third-order valence-electron chi connectivity index (χ3n) is 3.96. The molecule has 0 saturated carbocycles. The van der Waals surface area contributed by atoms with E-state index in [1.807, 2.05) is 4.90 Å². The van der Waals surface area contributed by atoms with Gasteiger partial charge in [0.1, 0.15) is 0 Å². The lowest BCUT2D eigenvalue weighted by Gasteiger charge is -2.27. The average molecular weight is 268 g/mol. The molecule has 0 unspecified atom stereocenters. The van der Waals surface area contributed by atoms with Crippen molar-refractivity contribution in [1.82, 2.24) is 10.2 Å².